The molecule has 0 aromatic carbocycles. The summed E-state index contributed by atoms with van der Waals surface area (Å²) in [6, 6.07) is 0. The predicted molar refractivity (Wildman–Crippen MR) is 61.6 cm³/mol. The molecule has 0 fully saturated rings. The van der Waals surface area contributed by atoms with Gasteiger partial charge in [-0.3, -0.25) is 0 Å². The maximum absolute atomic E-state index is 9.41. The van der Waals surface area contributed by atoms with Crippen LogP contribution in [-0.2, 0) is 9.59 Å². The van der Waals surface area contributed by atoms with E-state index in [2.05, 4.69) is 27.7 Å². The Balaban J connectivity index is -0.000000238. The van der Waals surface area contributed by atoms with Gasteiger partial charge in [-0.15, -0.1) is 0 Å². The molecule has 0 N–H and O–H groups in total. The number of rotatable bonds is 6. The van der Waals surface area contributed by atoms with Gasteiger partial charge in [-0.05, 0) is 39.8 Å². The van der Waals surface area contributed by atoms with Gasteiger partial charge in [0.1, 0.15) is 0 Å². The van der Waals surface area contributed by atoms with Crippen LogP contribution < -0.4 is 61.6 Å². The maximum atomic E-state index is 9.41. The van der Waals surface area contributed by atoms with Gasteiger partial charge >= 0.3 is 51.4 Å². The Labute approximate surface area is 152 Å². The Hall–Kier alpha value is 0.276. The SMILES string of the molecule is CC[N+](CC)(CC)CC.O=C([O-])C=CC(=O)[O-].[K+]. The molecule has 0 aromatic rings. The van der Waals surface area contributed by atoms with Crippen LogP contribution in [0.1, 0.15) is 27.7 Å². The topological polar surface area (TPSA) is 80.3 Å². The number of carbonyl (C=O) groups excluding carboxylic acids is 2. The number of aliphatic carboxylic acids is 2. The maximum Gasteiger partial charge on any atom is 1.00 e. The second kappa shape index (κ2) is 13.7. The van der Waals surface area contributed by atoms with Crippen LogP contribution in [0.2, 0.25) is 0 Å². The first-order valence-corrected chi connectivity index (χ1v) is 5.82. The van der Waals surface area contributed by atoms with Crippen LogP contribution in [0.4, 0.5) is 0 Å². The molecular formula is C12H22KNO4. The van der Waals surface area contributed by atoms with Crippen LogP contribution in [0.25, 0.3) is 0 Å². The molecule has 0 aliphatic rings. The summed E-state index contributed by atoms with van der Waals surface area (Å²) in [7, 11) is 0. The normalized spacial score (nSPS) is 10.2. The standard InChI is InChI=1S/C8H20N.C4H4O4.K/c1-5-9(6-2,7-3)8-4;5-3(6)1-2-4(7)8;/h5-8H2,1-4H3;1-2H,(H,5,6)(H,7,8);/q+1;;+1/p-2. The van der Waals surface area contributed by atoms with Gasteiger partial charge in [0.15, 0.2) is 0 Å². The predicted octanol–water partition coefficient (Wildman–Crippen LogP) is -4.07. The van der Waals surface area contributed by atoms with Gasteiger partial charge in [0.25, 0.3) is 0 Å². The van der Waals surface area contributed by atoms with Gasteiger partial charge in [-0.25, -0.2) is 0 Å². The third kappa shape index (κ3) is 12.7. The van der Waals surface area contributed by atoms with Crippen molar-refractivity contribution in [2.75, 3.05) is 26.2 Å². The van der Waals surface area contributed by atoms with Gasteiger partial charge in [-0.2, -0.15) is 0 Å². The van der Waals surface area contributed by atoms with Crippen molar-refractivity contribution in [3.63, 3.8) is 0 Å². The Bertz CT molecular complexity index is 229. The zero-order valence-corrected chi connectivity index (χ0v) is 15.2. The van der Waals surface area contributed by atoms with Gasteiger partial charge in [0.2, 0.25) is 0 Å². The third-order valence-electron chi connectivity index (χ3n) is 3.04. The molecule has 0 amide bonds. The third-order valence-corrected chi connectivity index (χ3v) is 3.04. The summed E-state index contributed by atoms with van der Waals surface area (Å²) in [5.41, 5.74) is 0. The largest absolute Gasteiger partial charge is 1.00 e. The molecular weight excluding hydrogens is 261 g/mol. The Morgan fingerprint density at radius 3 is 1.11 bits per heavy atom. The molecule has 0 saturated carbocycles. The Morgan fingerprint density at radius 1 is 0.833 bits per heavy atom. The minimum absolute atomic E-state index is 0. The van der Waals surface area contributed by atoms with Crippen LogP contribution in [0.15, 0.2) is 12.2 Å². The van der Waals surface area contributed by atoms with Crippen molar-refractivity contribution < 1.29 is 75.7 Å². The molecule has 0 aromatic heterocycles. The quantitative estimate of drug-likeness (QED) is 0.282. The second-order valence-corrected chi connectivity index (χ2v) is 3.58. The van der Waals surface area contributed by atoms with Crippen molar-refractivity contribution >= 4 is 11.9 Å². The molecule has 5 nitrogen and oxygen atoms in total. The van der Waals surface area contributed by atoms with Crippen LogP contribution in [0.5, 0.6) is 0 Å². The summed E-state index contributed by atoms with van der Waals surface area (Å²) in [5, 5.41) is 18.8. The van der Waals surface area contributed by atoms with Crippen molar-refractivity contribution in [1.29, 1.82) is 0 Å². The molecule has 0 radical (unpaired) electrons. The molecule has 0 rings (SSSR count). The molecule has 18 heavy (non-hydrogen) atoms. The van der Waals surface area contributed by atoms with Crippen LogP contribution in [0.3, 0.4) is 0 Å². The average molecular weight is 283 g/mol. The van der Waals surface area contributed by atoms with Crippen LogP contribution >= 0.6 is 0 Å². The summed E-state index contributed by atoms with van der Waals surface area (Å²) in [6.07, 6.45) is 0.769. The van der Waals surface area contributed by atoms with E-state index in [0.717, 1.165) is 0 Å². The molecule has 0 spiro atoms. The summed E-state index contributed by atoms with van der Waals surface area (Å²) >= 11 is 0. The molecule has 0 heterocycles. The van der Waals surface area contributed by atoms with Crippen LogP contribution in [0, 0.1) is 0 Å². The molecule has 0 aliphatic heterocycles. The van der Waals surface area contributed by atoms with Crippen molar-refractivity contribution in [3.05, 3.63) is 12.2 Å². The molecule has 100 valence electrons. The summed E-state index contributed by atoms with van der Waals surface area (Å²) in [4.78, 5) is 18.8. The van der Waals surface area contributed by atoms with E-state index in [1.807, 2.05) is 0 Å². The van der Waals surface area contributed by atoms with Gasteiger partial charge in [-0.1, -0.05) is 0 Å². The average Bonchev–Trinajstić information content (AvgIpc) is 2.31. The molecule has 0 unspecified atom stereocenters. The minimum atomic E-state index is -1.55. The number of carboxylic acids is 2. The molecule has 0 saturated heterocycles. The monoisotopic (exact) mass is 283 g/mol. The van der Waals surface area contributed by atoms with E-state index in [0.29, 0.717) is 12.2 Å². The fourth-order valence-electron chi connectivity index (χ4n) is 1.48. The number of carboxylic acid groups (broad SMARTS) is 2. The van der Waals surface area contributed by atoms with E-state index in [1.54, 1.807) is 0 Å². The van der Waals surface area contributed by atoms with Gasteiger partial charge in [0.05, 0.1) is 38.1 Å². The smallest absolute Gasteiger partial charge is 0.545 e. The van der Waals surface area contributed by atoms with E-state index in [4.69, 9.17) is 0 Å². The van der Waals surface area contributed by atoms with Crippen molar-refractivity contribution in [3.8, 4) is 0 Å². The minimum Gasteiger partial charge on any atom is -0.545 e. The van der Waals surface area contributed by atoms with Crippen molar-refractivity contribution in [2.24, 2.45) is 0 Å². The fourth-order valence-corrected chi connectivity index (χ4v) is 1.48. The zero-order valence-electron chi connectivity index (χ0n) is 12.1. The molecule has 0 bridgehead atoms. The van der Waals surface area contributed by atoms with Gasteiger partial charge < -0.3 is 24.3 Å². The summed E-state index contributed by atoms with van der Waals surface area (Å²) in [5.74, 6) is -3.09. The zero-order chi connectivity index (χ0) is 13.9. The number of hydrogen-bond donors (Lipinski definition) is 0. The van der Waals surface area contributed by atoms with E-state index < -0.39 is 11.9 Å². The van der Waals surface area contributed by atoms with Crippen LogP contribution in [-0.4, -0.2) is 42.6 Å². The number of hydrogen-bond acceptors (Lipinski definition) is 4. The molecule has 6 heteroatoms. The van der Waals surface area contributed by atoms with E-state index in [1.165, 1.54) is 30.7 Å². The Morgan fingerprint density at radius 2 is 1.06 bits per heavy atom. The van der Waals surface area contributed by atoms with E-state index in [-0.39, 0.29) is 51.4 Å². The Kier molecular flexibility index (Phi) is 17.8. The number of nitrogens with zero attached hydrogens (tertiary/aromatic N) is 1. The summed E-state index contributed by atoms with van der Waals surface area (Å²) in [6.45, 7) is 14.2. The molecule has 0 atom stereocenters. The first kappa shape index (κ1) is 23.4. The summed E-state index contributed by atoms with van der Waals surface area (Å²) < 4.78 is 1.28. The molecule has 0 aliphatic carbocycles. The number of carbonyl (C=O) groups is 2. The second-order valence-electron chi connectivity index (χ2n) is 3.58. The number of quaternary nitrogens is 1. The van der Waals surface area contributed by atoms with Crippen molar-refractivity contribution in [1.82, 2.24) is 0 Å². The van der Waals surface area contributed by atoms with Crippen molar-refractivity contribution in [2.45, 2.75) is 27.7 Å². The fraction of sp³-hybridized carbons (Fsp3) is 0.667. The van der Waals surface area contributed by atoms with E-state index in [9.17, 15) is 19.8 Å². The first-order valence-electron chi connectivity index (χ1n) is 5.82. The van der Waals surface area contributed by atoms with E-state index >= 15 is 0 Å². The first-order chi connectivity index (χ1) is 7.87. The van der Waals surface area contributed by atoms with Gasteiger partial charge in [0, 0.05) is 0 Å².